The van der Waals surface area contributed by atoms with Crippen molar-refractivity contribution >= 4 is 0 Å². The van der Waals surface area contributed by atoms with Crippen LogP contribution in [0.2, 0.25) is 0 Å². The highest BCUT2D eigenvalue weighted by Crippen LogP contribution is 2.22. The van der Waals surface area contributed by atoms with Crippen LogP contribution in [0.5, 0.6) is 0 Å². The molecule has 0 amide bonds. The third kappa shape index (κ3) is 2.06. The molecule has 0 saturated heterocycles. The summed E-state index contributed by atoms with van der Waals surface area (Å²) in [6, 6.07) is 5.05. The Morgan fingerprint density at radius 2 is 1.85 bits per heavy atom. The Morgan fingerprint density at radius 1 is 1.05 bits per heavy atom. The number of aromatic nitrogens is 4. The van der Waals surface area contributed by atoms with Crippen LogP contribution in [0.1, 0.15) is 0 Å². The van der Waals surface area contributed by atoms with E-state index in [1.807, 2.05) is 12.1 Å². The van der Waals surface area contributed by atoms with E-state index in [4.69, 9.17) is 0 Å². The van der Waals surface area contributed by atoms with Gasteiger partial charge < -0.3 is 9.67 Å². The van der Waals surface area contributed by atoms with Gasteiger partial charge in [-0.15, -0.1) is 0 Å². The lowest BCUT2D eigenvalue weighted by Crippen LogP contribution is -2.18. The standard InChI is InChI=1S/C14H12N4O2/c19-8-7-18-13(10-1-4-15-5-2-10)17-9-11-12(20)3-6-16-14(11)18/h1-6,9,19H,7-8H2. The summed E-state index contributed by atoms with van der Waals surface area (Å²) in [5.41, 5.74) is 1.17. The van der Waals surface area contributed by atoms with Crippen LogP contribution < -0.4 is 5.43 Å². The average Bonchev–Trinajstić information content (AvgIpc) is 2.49. The smallest absolute Gasteiger partial charge is 0.192 e. The van der Waals surface area contributed by atoms with Gasteiger partial charge in [-0.2, -0.15) is 0 Å². The summed E-state index contributed by atoms with van der Waals surface area (Å²) in [4.78, 5) is 24.4. The molecule has 6 nitrogen and oxygen atoms in total. The molecule has 3 heterocycles. The van der Waals surface area contributed by atoms with Crippen LogP contribution in [0.15, 0.2) is 47.8 Å². The summed E-state index contributed by atoms with van der Waals surface area (Å²) in [6.07, 6.45) is 6.33. The lowest BCUT2D eigenvalue weighted by atomic mass is 10.2. The molecule has 1 N–H and O–H groups in total. The van der Waals surface area contributed by atoms with Crippen LogP contribution >= 0.6 is 0 Å². The Hall–Kier alpha value is -2.60. The number of hydrogen-bond acceptors (Lipinski definition) is 5. The maximum Gasteiger partial charge on any atom is 0.192 e. The molecule has 0 spiro atoms. The van der Waals surface area contributed by atoms with Crippen molar-refractivity contribution in [1.29, 1.82) is 0 Å². The first-order chi connectivity index (χ1) is 9.81. The molecule has 2 aliphatic rings. The molecule has 6 heteroatoms. The van der Waals surface area contributed by atoms with Crippen LogP contribution in [0.25, 0.3) is 22.8 Å². The fourth-order valence-corrected chi connectivity index (χ4v) is 2.12. The van der Waals surface area contributed by atoms with Gasteiger partial charge in [0.15, 0.2) is 5.43 Å². The van der Waals surface area contributed by atoms with Gasteiger partial charge >= 0.3 is 0 Å². The largest absolute Gasteiger partial charge is 0.395 e. The zero-order chi connectivity index (χ0) is 13.9. The number of pyridine rings is 2. The molecule has 0 saturated carbocycles. The van der Waals surface area contributed by atoms with Crippen molar-refractivity contribution in [2.45, 2.75) is 6.54 Å². The minimum atomic E-state index is -0.129. The van der Waals surface area contributed by atoms with Crippen LogP contribution in [0.4, 0.5) is 0 Å². The van der Waals surface area contributed by atoms with Gasteiger partial charge in [0, 0.05) is 43.0 Å². The summed E-state index contributed by atoms with van der Waals surface area (Å²) in [5, 5.41) is 9.25. The fourth-order valence-electron chi connectivity index (χ4n) is 2.12. The molecule has 100 valence electrons. The average molecular weight is 268 g/mol. The van der Waals surface area contributed by atoms with Gasteiger partial charge in [-0.25, -0.2) is 9.97 Å². The van der Waals surface area contributed by atoms with Gasteiger partial charge in [0.2, 0.25) is 0 Å². The second-order valence-electron chi connectivity index (χ2n) is 4.24. The Kier molecular flexibility index (Phi) is 3.22. The van der Waals surface area contributed by atoms with E-state index in [9.17, 15) is 9.90 Å². The normalized spacial score (nSPS) is 10.8. The third-order valence-electron chi connectivity index (χ3n) is 3.02. The number of fused-ring (bicyclic) bond motifs is 1. The third-order valence-corrected chi connectivity index (χ3v) is 3.02. The maximum atomic E-state index is 11.8. The van der Waals surface area contributed by atoms with E-state index in [1.165, 1.54) is 18.5 Å². The van der Waals surface area contributed by atoms with Crippen molar-refractivity contribution in [3.8, 4) is 22.8 Å². The van der Waals surface area contributed by atoms with Gasteiger partial charge in [-0.3, -0.25) is 9.78 Å². The molecule has 1 aromatic rings. The number of aliphatic hydroxyl groups is 1. The quantitative estimate of drug-likeness (QED) is 0.759. The molecular formula is C14H12N4O2. The first-order valence-corrected chi connectivity index (χ1v) is 6.17. The lowest BCUT2D eigenvalue weighted by Gasteiger charge is -2.17. The zero-order valence-electron chi connectivity index (χ0n) is 10.6. The summed E-state index contributed by atoms with van der Waals surface area (Å²) in [7, 11) is 0. The summed E-state index contributed by atoms with van der Waals surface area (Å²) >= 11 is 0. The summed E-state index contributed by atoms with van der Waals surface area (Å²) in [6.45, 7) is 0.257. The highest BCUT2D eigenvalue weighted by molar-refractivity contribution is 5.63. The first kappa shape index (κ1) is 12.4. The molecule has 2 aliphatic heterocycles. The van der Waals surface area contributed by atoms with Gasteiger partial charge in [0.25, 0.3) is 0 Å². The van der Waals surface area contributed by atoms with Crippen LogP contribution in [-0.4, -0.2) is 31.2 Å². The molecule has 20 heavy (non-hydrogen) atoms. The van der Waals surface area contributed by atoms with Crippen LogP contribution in [-0.2, 0) is 6.54 Å². The van der Waals surface area contributed by atoms with E-state index >= 15 is 0 Å². The fraction of sp³-hybridized carbons (Fsp3) is 0.143. The van der Waals surface area contributed by atoms with E-state index in [1.54, 1.807) is 17.0 Å². The Labute approximate surface area is 114 Å². The second-order valence-corrected chi connectivity index (χ2v) is 4.24. The Bertz CT molecular complexity index is 755. The topological polar surface area (TPSA) is 80.9 Å². The van der Waals surface area contributed by atoms with Crippen molar-refractivity contribution in [2.75, 3.05) is 6.61 Å². The molecule has 0 aromatic carbocycles. The molecule has 0 aliphatic carbocycles. The molecular weight excluding hydrogens is 256 g/mol. The van der Waals surface area contributed by atoms with Gasteiger partial charge in [-0.05, 0) is 12.1 Å². The molecule has 0 unspecified atom stereocenters. The number of aliphatic hydroxyl groups excluding tert-OH is 1. The van der Waals surface area contributed by atoms with Crippen LogP contribution in [0, 0.1) is 0 Å². The predicted molar refractivity (Wildman–Crippen MR) is 73.2 cm³/mol. The predicted octanol–water partition coefficient (Wildman–Crippen LogP) is 0.797. The van der Waals surface area contributed by atoms with E-state index in [-0.39, 0.29) is 12.0 Å². The maximum absolute atomic E-state index is 11.8. The van der Waals surface area contributed by atoms with Gasteiger partial charge in [0.1, 0.15) is 11.6 Å². The SMILES string of the molecule is O=c1ccnc2n(CCO)c(-c3ccncc3)ncc1-2. The van der Waals surface area contributed by atoms with E-state index in [0.29, 0.717) is 23.8 Å². The van der Waals surface area contributed by atoms with E-state index in [2.05, 4.69) is 15.0 Å². The monoisotopic (exact) mass is 268 g/mol. The zero-order valence-corrected chi connectivity index (χ0v) is 10.6. The lowest BCUT2D eigenvalue weighted by molar-refractivity contribution is 0.276. The second kappa shape index (κ2) is 5.18. The summed E-state index contributed by atoms with van der Waals surface area (Å²) < 4.78 is 1.74. The van der Waals surface area contributed by atoms with Crippen molar-refractivity contribution in [1.82, 2.24) is 19.5 Å². The van der Waals surface area contributed by atoms with E-state index in [0.717, 1.165) is 5.56 Å². The number of nitrogens with zero attached hydrogens (tertiary/aromatic N) is 4. The molecule has 0 fully saturated rings. The van der Waals surface area contributed by atoms with E-state index < -0.39 is 0 Å². The number of rotatable bonds is 3. The molecule has 0 bridgehead atoms. The van der Waals surface area contributed by atoms with Crippen molar-refractivity contribution in [3.05, 3.63) is 53.2 Å². The summed E-state index contributed by atoms with van der Waals surface area (Å²) in [5.74, 6) is 1.17. The molecule has 0 radical (unpaired) electrons. The minimum absolute atomic E-state index is 0.0612. The van der Waals surface area contributed by atoms with Crippen molar-refractivity contribution in [3.63, 3.8) is 0 Å². The van der Waals surface area contributed by atoms with Gasteiger partial charge in [0.05, 0.1) is 12.2 Å². The van der Waals surface area contributed by atoms with Crippen molar-refractivity contribution < 1.29 is 5.11 Å². The molecule has 1 aromatic heterocycles. The molecule has 3 rings (SSSR count). The Morgan fingerprint density at radius 3 is 2.60 bits per heavy atom. The number of hydrogen-bond donors (Lipinski definition) is 1. The van der Waals surface area contributed by atoms with Crippen molar-refractivity contribution in [2.24, 2.45) is 0 Å². The highest BCUT2D eigenvalue weighted by Gasteiger charge is 2.16. The first-order valence-electron chi connectivity index (χ1n) is 6.17. The molecule has 0 atom stereocenters. The van der Waals surface area contributed by atoms with Gasteiger partial charge in [-0.1, -0.05) is 0 Å². The Balaban J connectivity index is 2.30. The highest BCUT2D eigenvalue weighted by atomic mass is 16.3. The minimum Gasteiger partial charge on any atom is -0.395 e. The van der Waals surface area contributed by atoms with Crippen LogP contribution in [0.3, 0.4) is 0 Å².